The van der Waals surface area contributed by atoms with Gasteiger partial charge in [0.25, 0.3) is 0 Å². The van der Waals surface area contributed by atoms with Gasteiger partial charge in [-0.15, -0.1) is 6.58 Å². The molecule has 0 aliphatic carbocycles. The molecule has 4 heavy (non-hydrogen) atoms. The summed E-state index contributed by atoms with van der Waals surface area (Å²) < 4.78 is 0. The second kappa shape index (κ2) is 2.70. The molecule has 0 aliphatic heterocycles. The predicted octanol–water partition coefficient (Wildman–Crippen LogP) is 0.165. The van der Waals surface area contributed by atoms with Crippen LogP contribution in [-0.2, 0) is 0 Å². The van der Waals surface area contributed by atoms with Crippen LogP contribution in [0.4, 0.5) is 0 Å². The smallest absolute Gasteiger partial charge is 0.0609 e. The Balaban J connectivity index is 2.30. The second-order valence-corrected chi connectivity index (χ2v) is 0.471. The Bertz CT molecular complexity index is 17.2. The Morgan fingerprint density at radius 1 is 2.00 bits per heavy atom. The van der Waals surface area contributed by atoms with Gasteiger partial charge in [0.1, 0.15) is 0 Å². The molecule has 0 unspecified atom stereocenters. The third-order valence-corrected chi connectivity index (χ3v) is 0.129. The molecular weight excluding hydrogens is 53.0 g/mol. The van der Waals surface area contributed by atoms with Crippen molar-refractivity contribution < 1.29 is 5.11 Å². The summed E-state index contributed by atoms with van der Waals surface area (Å²) in [4.78, 5) is 0. The van der Waals surface area contributed by atoms with Gasteiger partial charge >= 0.3 is 0 Å². The van der Waals surface area contributed by atoms with Crippen LogP contribution in [0, 0.1) is 0 Å². The number of aliphatic hydroxyl groups is 1. The average molecular weight is 59.1 g/mol. The van der Waals surface area contributed by atoms with E-state index in [4.69, 9.17) is 5.11 Å². The molecule has 0 saturated heterocycles. The monoisotopic (exact) mass is 59.0 g/mol. The molecule has 0 rings (SSSR count). The summed E-state index contributed by atoms with van der Waals surface area (Å²) in [5.41, 5.74) is 0. The fourth-order valence-corrected chi connectivity index (χ4v) is 0. The minimum atomic E-state index is 0.0833. The summed E-state index contributed by atoms with van der Waals surface area (Å²) in [5, 5.41) is 7.76. The SMILES string of the molecule is C=C[13CH2]O. The Labute approximate surface area is 25.6 Å². The lowest BCUT2D eigenvalue weighted by Crippen LogP contribution is -1.62. The van der Waals surface area contributed by atoms with Crippen molar-refractivity contribution >= 4 is 0 Å². The van der Waals surface area contributed by atoms with Crippen LogP contribution >= 0.6 is 0 Å². The van der Waals surface area contributed by atoms with Gasteiger partial charge in [-0.25, -0.2) is 0 Å². The Morgan fingerprint density at radius 3 is 2.25 bits per heavy atom. The standard InChI is InChI=1S/C3H6O/c1-2-3-4/h2,4H,1,3H2/i3+1. The van der Waals surface area contributed by atoms with Gasteiger partial charge in [-0.05, 0) is 0 Å². The molecule has 0 spiro atoms. The van der Waals surface area contributed by atoms with Crippen LogP contribution in [0.3, 0.4) is 0 Å². The Morgan fingerprint density at radius 2 is 2.25 bits per heavy atom. The van der Waals surface area contributed by atoms with Gasteiger partial charge < -0.3 is 5.11 Å². The fraction of sp³-hybridized carbons (Fsp3) is 0.333. The van der Waals surface area contributed by atoms with Crippen LogP contribution in [0.15, 0.2) is 12.7 Å². The zero-order chi connectivity index (χ0) is 3.41. The molecule has 0 aliphatic rings. The first-order valence-corrected chi connectivity index (χ1v) is 1.13. The number of rotatable bonds is 1. The van der Waals surface area contributed by atoms with E-state index in [9.17, 15) is 0 Å². The van der Waals surface area contributed by atoms with E-state index >= 15 is 0 Å². The van der Waals surface area contributed by atoms with Crippen LogP contribution in [0.2, 0.25) is 0 Å². The lowest BCUT2D eigenvalue weighted by atomic mass is 11.0. The largest absolute Gasteiger partial charge is 0.392 e. The second-order valence-electron chi connectivity index (χ2n) is 0.471. The van der Waals surface area contributed by atoms with Crippen molar-refractivity contribution in [2.24, 2.45) is 0 Å². The van der Waals surface area contributed by atoms with Crippen LogP contribution in [0.1, 0.15) is 0 Å². The van der Waals surface area contributed by atoms with Gasteiger partial charge in [0.15, 0.2) is 0 Å². The van der Waals surface area contributed by atoms with E-state index in [1.807, 2.05) is 0 Å². The summed E-state index contributed by atoms with van der Waals surface area (Å²) >= 11 is 0. The van der Waals surface area contributed by atoms with Gasteiger partial charge in [0, 0.05) is 0 Å². The molecule has 0 fully saturated rings. The van der Waals surface area contributed by atoms with E-state index in [0.717, 1.165) is 0 Å². The van der Waals surface area contributed by atoms with Gasteiger partial charge in [-0.1, -0.05) is 6.08 Å². The quantitative estimate of drug-likeness (QED) is 0.337. The summed E-state index contributed by atoms with van der Waals surface area (Å²) in [6.07, 6.45) is 1.43. The zero-order valence-corrected chi connectivity index (χ0v) is 2.44. The van der Waals surface area contributed by atoms with Crippen LogP contribution in [-0.4, -0.2) is 11.7 Å². The van der Waals surface area contributed by atoms with E-state index < -0.39 is 0 Å². The van der Waals surface area contributed by atoms with Crippen molar-refractivity contribution in [3.05, 3.63) is 12.7 Å². The van der Waals surface area contributed by atoms with E-state index in [2.05, 4.69) is 6.58 Å². The normalized spacial score (nSPS) is 6.25. The summed E-state index contributed by atoms with van der Waals surface area (Å²) in [7, 11) is 0. The minimum Gasteiger partial charge on any atom is -0.392 e. The highest BCUT2D eigenvalue weighted by Gasteiger charge is 1.45. The molecule has 1 nitrogen and oxygen atoms in total. The number of hydrogen-bond acceptors (Lipinski definition) is 1. The molecule has 0 atom stereocenters. The molecule has 0 aromatic heterocycles. The lowest BCUT2D eigenvalue weighted by molar-refractivity contribution is 0.343. The third kappa shape index (κ3) is 1.70. The lowest BCUT2D eigenvalue weighted by Gasteiger charge is -1.60. The maximum absolute atomic E-state index is 7.76. The number of aliphatic hydroxyl groups excluding tert-OH is 1. The van der Waals surface area contributed by atoms with Crippen molar-refractivity contribution in [3.63, 3.8) is 0 Å². The topological polar surface area (TPSA) is 20.2 Å². The van der Waals surface area contributed by atoms with Gasteiger partial charge in [-0.2, -0.15) is 0 Å². The molecule has 1 N–H and O–H groups in total. The Kier molecular flexibility index (Phi) is 2.50. The van der Waals surface area contributed by atoms with Crippen molar-refractivity contribution in [2.45, 2.75) is 0 Å². The van der Waals surface area contributed by atoms with Crippen molar-refractivity contribution in [3.8, 4) is 0 Å². The molecule has 0 radical (unpaired) electrons. The molecule has 0 saturated carbocycles. The first-order chi connectivity index (χ1) is 1.91. The van der Waals surface area contributed by atoms with Gasteiger partial charge in [0.2, 0.25) is 0 Å². The molecular formula is C3H6O. The molecule has 0 heterocycles. The average Bonchev–Trinajstić information content (AvgIpc) is 1.37. The van der Waals surface area contributed by atoms with Crippen LogP contribution in [0.25, 0.3) is 0 Å². The van der Waals surface area contributed by atoms with Crippen LogP contribution in [0.5, 0.6) is 0 Å². The maximum Gasteiger partial charge on any atom is 0.0609 e. The highest BCUT2D eigenvalue weighted by Crippen LogP contribution is 1.46. The van der Waals surface area contributed by atoms with Crippen molar-refractivity contribution in [2.75, 3.05) is 6.61 Å². The molecule has 0 aromatic rings. The first-order valence-electron chi connectivity index (χ1n) is 1.13. The van der Waals surface area contributed by atoms with E-state index in [1.54, 1.807) is 0 Å². The van der Waals surface area contributed by atoms with Crippen molar-refractivity contribution in [1.82, 2.24) is 0 Å². The molecule has 0 bridgehead atoms. The molecule has 24 valence electrons. The van der Waals surface area contributed by atoms with Crippen LogP contribution < -0.4 is 0 Å². The molecule has 1 heteroatoms. The Hall–Kier alpha value is -0.300. The molecule has 0 aromatic carbocycles. The summed E-state index contributed by atoms with van der Waals surface area (Å²) in [6.45, 7) is 3.31. The minimum absolute atomic E-state index is 0.0833. The van der Waals surface area contributed by atoms with Gasteiger partial charge in [-0.3, -0.25) is 0 Å². The summed E-state index contributed by atoms with van der Waals surface area (Å²) in [6, 6.07) is 0. The highest BCUT2D eigenvalue weighted by atomic mass is 16.3. The van der Waals surface area contributed by atoms with E-state index in [0.29, 0.717) is 0 Å². The highest BCUT2D eigenvalue weighted by molar-refractivity contribution is 4.60. The third-order valence-electron chi connectivity index (χ3n) is 0.129. The zero-order valence-electron chi connectivity index (χ0n) is 2.44. The maximum atomic E-state index is 7.76. The van der Waals surface area contributed by atoms with Gasteiger partial charge in [0.05, 0.1) is 6.61 Å². The summed E-state index contributed by atoms with van der Waals surface area (Å²) in [5.74, 6) is 0. The fourth-order valence-electron chi connectivity index (χ4n) is 0. The van der Waals surface area contributed by atoms with E-state index in [1.165, 1.54) is 6.08 Å². The molecule has 0 amide bonds. The number of hydrogen-bond donors (Lipinski definition) is 1. The first kappa shape index (κ1) is 3.70. The predicted molar refractivity (Wildman–Crippen MR) is 17.3 cm³/mol. The van der Waals surface area contributed by atoms with Crippen molar-refractivity contribution in [1.29, 1.82) is 0 Å². The van der Waals surface area contributed by atoms with E-state index in [-0.39, 0.29) is 6.61 Å².